The Morgan fingerprint density at radius 1 is 1.12 bits per heavy atom. The zero-order chi connectivity index (χ0) is 18.4. The van der Waals surface area contributed by atoms with Crippen molar-refractivity contribution in [3.63, 3.8) is 0 Å². The molecule has 1 aliphatic heterocycles. The molecule has 4 nitrogen and oxygen atoms in total. The number of benzene rings is 2. The topological polar surface area (TPSA) is 41.6 Å². The summed E-state index contributed by atoms with van der Waals surface area (Å²) in [5.74, 6) is -2.41. The lowest BCUT2D eigenvalue weighted by atomic mass is 10.1. The SMILES string of the molecule is O=C(NCCCN1CCOC(c2ccccc2)C1)c1c(F)cccc1F. The van der Waals surface area contributed by atoms with Crippen LogP contribution in [0.1, 0.15) is 28.4 Å². The fourth-order valence-electron chi connectivity index (χ4n) is 3.08. The van der Waals surface area contributed by atoms with Gasteiger partial charge < -0.3 is 10.1 Å². The summed E-state index contributed by atoms with van der Waals surface area (Å²) >= 11 is 0. The number of carbonyl (C=O) groups excluding carboxylic acids is 1. The Balaban J connectivity index is 1.44. The average Bonchev–Trinajstić information content (AvgIpc) is 2.66. The minimum atomic E-state index is -0.846. The van der Waals surface area contributed by atoms with Gasteiger partial charge >= 0.3 is 0 Å². The maximum absolute atomic E-state index is 13.6. The van der Waals surface area contributed by atoms with Gasteiger partial charge in [-0.2, -0.15) is 0 Å². The summed E-state index contributed by atoms with van der Waals surface area (Å²) in [6.45, 7) is 3.43. The van der Waals surface area contributed by atoms with Gasteiger partial charge in [-0.25, -0.2) is 8.78 Å². The molecule has 26 heavy (non-hydrogen) atoms. The van der Waals surface area contributed by atoms with Gasteiger partial charge in [0.1, 0.15) is 17.2 Å². The van der Waals surface area contributed by atoms with Crippen LogP contribution >= 0.6 is 0 Å². The number of nitrogens with one attached hydrogen (secondary N) is 1. The van der Waals surface area contributed by atoms with Crippen LogP contribution in [0.4, 0.5) is 8.78 Å². The van der Waals surface area contributed by atoms with E-state index < -0.39 is 23.1 Å². The fourth-order valence-corrected chi connectivity index (χ4v) is 3.08. The van der Waals surface area contributed by atoms with E-state index in [4.69, 9.17) is 4.74 Å². The largest absolute Gasteiger partial charge is 0.371 e. The van der Waals surface area contributed by atoms with Crippen LogP contribution in [0.5, 0.6) is 0 Å². The van der Waals surface area contributed by atoms with E-state index in [0.717, 1.165) is 37.3 Å². The molecule has 1 fully saturated rings. The zero-order valence-corrected chi connectivity index (χ0v) is 14.5. The zero-order valence-electron chi connectivity index (χ0n) is 14.5. The van der Waals surface area contributed by atoms with Crippen molar-refractivity contribution in [1.29, 1.82) is 0 Å². The lowest BCUT2D eigenvalue weighted by molar-refractivity contribution is -0.0301. The summed E-state index contributed by atoms with van der Waals surface area (Å²) in [7, 11) is 0. The van der Waals surface area contributed by atoms with Crippen LogP contribution in [0.25, 0.3) is 0 Å². The van der Waals surface area contributed by atoms with E-state index in [2.05, 4.69) is 22.3 Å². The highest BCUT2D eigenvalue weighted by atomic mass is 19.1. The molecule has 2 aromatic carbocycles. The van der Waals surface area contributed by atoms with E-state index in [-0.39, 0.29) is 6.10 Å². The normalized spacial score (nSPS) is 17.8. The minimum absolute atomic E-state index is 0.0482. The first-order chi connectivity index (χ1) is 12.6. The summed E-state index contributed by atoms with van der Waals surface area (Å²) < 4.78 is 33.0. The van der Waals surface area contributed by atoms with Gasteiger partial charge in [-0.15, -0.1) is 0 Å². The Morgan fingerprint density at radius 3 is 2.58 bits per heavy atom. The van der Waals surface area contributed by atoms with Gasteiger partial charge in [-0.1, -0.05) is 36.4 Å². The molecule has 6 heteroatoms. The Morgan fingerprint density at radius 2 is 1.85 bits per heavy atom. The van der Waals surface area contributed by atoms with Gasteiger partial charge in [0.25, 0.3) is 5.91 Å². The molecule has 1 atom stereocenters. The smallest absolute Gasteiger partial charge is 0.257 e. The third-order valence-corrected chi connectivity index (χ3v) is 4.45. The quantitative estimate of drug-likeness (QED) is 0.805. The number of hydrogen-bond donors (Lipinski definition) is 1. The number of ether oxygens (including phenoxy) is 1. The number of halogens is 2. The number of hydrogen-bond acceptors (Lipinski definition) is 3. The van der Waals surface area contributed by atoms with Gasteiger partial charge in [0.15, 0.2) is 0 Å². The number of morpholine rings is 1. The van der Waals surface area contributed by atoms with Crippen molar-refractivity contribution in [2.24, 2.45) is 0 Å². The molecule has 1 unspecified atom stereocenters. The van der Waals surface area contributed by atoms with E-state index in [1.807, 2.05) is 18.2 Å². The predicted molar refractivity (Wildman–Crippen MR) is 94.9 cm³/mol. The van der Waals surface area contributed by atoms with E-state index in [1.54, 1.807) is 0 Å². The molecule has 1 amide bonds. The van der Waals surface area contributed by atoms with Crippen LogP contribution in [-0.4, -0.2) is 43.6 Å². The number of rotatable bonds is 6. The third-order valence-electron chi connectivity index (χ3n) is 4.45. The predicted octanol–water partition coefficient (Wildman–Crippen LogP) is 3.16. The molecule has 0 saturated carbocycles. The molecule has 138 valence electrons. The lowest BCUT2D eigenvalue weighted by Crippen LogP contribution is -2.40. The molecular formula is C20H22F2N2O2. The van der Waals surface area contributed by atoms with Gasteiger partial charge in [0.05, 0.1) is 12.7 Å². The molecule has 0 radical (unpaired) electrons. The molecule has 1 N–H and O–H groups in total. The summed E-state index contributed by atoms with van der Waals surface area (Å²) in [4.78, 5) is 14.2. The average molecular weight is 360 g/mol. The van der Waals surface area contributed by atoms with Crippen LogP contribution in [0, 0.1) is 11.6 Å². The maximum atomic E-state index is 13.6. The fraction of sp³-hybridized carbons (Fsp3) is 0.350. The maximum Gasteiger partial charge on any atom is 0.257 e. The molecule has 0 aliphatic carbocycles. The van der Waals surface area contributed by atoms with Crippen molar-refractivity contribution in [1.82, 2.24) is 10.2 Å². The van der Waals surface area contributed by atoms with E-state index in [0.29, 0.717) is 19.6 Å². The molecule has 3 rings (SSSR count). The monoisotopic (exact) mass is 360 g/mol. The molecule has 0 spiro atoms. The highest BCUT2D eigenvalue weighted by Crippen LogP contribution is 2.21. The van der Waals surface area contributed by atoms with Gasteiger partial charge in [0.2, 0.25) is 0 Å². The minimum Gasteiger partial charge on any atom is -0.371 e. The highest BCUT2D eigenvalue weighted by Gasteiger charge is 2.21. The van der Waals surface area contributed by atoms with Crippen molar-refractivity contribution in [3.05, 3.63) is 71.3 Å². The third kappa shape index (κ3) is 4.65. The van der Waals surface area contributed by atoms with Gasteiger partial charge in [-0.05, 0) is 24.1 Å². The Labute approximate surface area is 151 Å². The van der Waals surface area contributed by atoms with Crippen molar-refractivity contribution in [3.8, 4) is 0 Å². The van der Waals surface area contributed by atoms with Crippen LogP contribution in [0.15, 0.2) is 48.5 Å². The van der Waals surface area contributed by atoms with Crippen LogP contribution in [0.2, 0.25) is 0 Å². The molecule has 1 aliphatic rings. The summed E-state index contributed by atoms with van der Waals surface area (Å²) in [5.41, 5.74) is 0.628. The Bertz CT molecular complexity index is 720. The van der Waals surface area contributed by atoms with Crippen LogP contribution in [0.3, 0.4) is 0 Å². The second-order valence-corrected chi connectivity index (χ2v) is 6.28. The Hall–Kier alpha value is -2.31. The summed E-state index contributed by atoms with van der Waals surface area (Å²) in [6, 6.07) is 13.5. The Kier molecular flexibility index (Phi) is 6.30. The van der Waals surface area contributed by atoms with E-state index >= 15 is 0 Å². The standard InChI is InChI=1S/C20H22F2N2O2/c21-16-8-4-9-17(22)19(16)20(25)23-10-5-11-24-12-13-26-18(14-24)15-6-2-1-3-7-15/h1-4,6-9,18H,5,10-14H2,(H,23,25). The second-order valence-electron chi connectivity index (χ2n) is 6.28. The first kappa shape index (κ1) is 18.5. The molecular weight excluding hydrogens is 338 g/mol. The highest BCUT2D eigenvalue weighted by molar-refractivity contribution is 5.94. The van der Waals surface area contributed by atoms with Crippen molar-refractivity contribution >= 4 is 5.91 Å². The van der Waals surface area contributed by atoms with Crippen molar-refractivity contribution in [2.45, 2.75) is 12.5 Å². The van der Waals surface area contributed by atoms with E-state index in [1.165, 1.54) is 6.07 Å². The van der Waals surface area contributed by atoms with Crippen molar-refractivity contribution in [2.75, 3.05) is 32.8 Å². The van der Waals surface area contributed by atoms with Gasteiger partial charge in [0, 0.05) is 26.2 Å². The molecule has 1 saturated heterocycles. The molecule has 2 aromatic rings. The summed E-state index contributed by atoms with van der Waals surface area (Å²) in [5, 5.41) is 2.59. The molecule has 1 heterocycles. The van der Waals surface area contributed by atoms with Gasteiger partial charge in [-0.3, -0.25) is 9.69 Å². The number of amides is 1. The summed E-state index contributed by atoms with van der Waals surface area (Å²) in [6.07, 6.45) is 0.746. The van der Waals surface area contributed by atoms with Crippen LogP contribution < -0.4 is 5.32 Å². The number of nitrogens with zero attached hydrogens (tertiary/aromatic N) is 1. The molecule has 0 bridgehead atoms. The second kappa shape index (κ2) is 8.87. The number of carbonyl (C=O) groups is 1. The first-order valence-electron chi connectivity index (χ1n) is 8.76. The van der Waals surface area contributed by atoms with Crippen molar-refractivity contribution < 1.29 is 18.3 Å². The lowest BCUT2D eigenvalue weighted by Gasteiger charge is -2.33. The van der Waals surface area contributed by atoms with E-state index in [9.17, 15) is 13.6 Å². The molecule has 0 aromatic heterocycles. The first-order valence-corrected chi connectivity index (χ1v) is 8.76. The van der Waals surface area contributed by atoms with Crippen LogP contribution in [-0.2, 0) is 4.74 Å².